The van der Waals surface area contributed by atoms with Crippen molar-refractivity contribution < 1.29 is 0 Å². The first-order valence-corrected chi connectivity index (χ1v) is 4.61. The van der Waals surface area contributed by atoms with E-state index in [4.69, 9.17) is 0 Å². The molecule has 0 atom stereocenters. The molecule has 0 unspecified atom stereocenters. The summed E-state index contributed by atoms with van der Waals surface area (Å²) >= 11 is 0. The predicted octanol–water partition coefficient (Wildman–Crippen LogP) is 1.89. The van der Waals surface area contributed by atoms with Crippen molar-refractivity contribution in [1.82, 2.24) is 15.0 Å². The van der Waals surface area contributed by atoms with E-state index in [2.05, 4.69) is 31.1 Å². The van der Waals surface area contributed by atoms with Crippen molar-refractivity contribution in [2.75, 3.05) is 0 Å². The van der Waals surface area contributed by atoms with Gasteiger partial charge in [0.1, 0.15) is 0 Å². The lowest BCUT2D eigenvalue weighted by Crippen LogP contribution is -2.03. The Kier molecular flexibility index (Phi) is 3.26. The van der Waals surface area contributed by atoms with Gasteiger partial charge in [-0.25, -0.2) is 4.68 Å². The molecule has 0 aliphatic rings. The fraction of sp³-hybridized carbons (Fsp3) is 0.778. The molecule has 0 aliphatic carbocycles. The Balaban J connectivity index is 2.50. The molecule has 0 aromatic carbocycles. The Morgan fingerprint density at radius 2 is 2.25 bits per heavy atom. The van der Waals surface area contributed by atoms with E-state index in [0.29, 0.717) is 0 Å². The lowest BCUT2D eigenvalue weighted by atomic mass is 10.1. The van der Waals surface area contributed by atoms with E-state index in [1.807, 2.05) is 10.9 Å². The van der Waals surface area contributed by atoms with E-state index in [-0.39, 0.29) is 0 Å². The van der Waals surface area contributed by atoms with Gasteiger partial charge in [-0.15, -0.1) is 5.10 Å². The van der Waals surface area contributed by atoms with Crippen LogP contribution < -0.4 is 0 Å². The molecule has 1 rings (SSSR count). The van der Waals surface area contributed by atoms with Crippen LogP contribution in [0.4, 0.5) is 0 Å². The maximum absolute atomic E-state index is 3.98. The highest BCUT2D eigenvalue weighted by molar-refractivity contribution is 4.93. The van der Waals surface area contributed by atoms with Gasteiger partial charge in [-0.05, 0) is 25.7 Å². The third kappa shape index (κ3) is 2.32. The van der Waals surface area contributed by atoms with Crippen LogP contribution in [0.25, 0.3) is 0 Å². The normalized spacial score (nSPS) is 11.0. The summed E-state index contributed by atoms with van der Waals surface area (Å²) in [7, 11) is 0. The summed E-state index contributed by atoms with van der Waals surface area (Å²) in [6, 6.07) is 0. The molecule has 68 valence electrons. The minimum atomic E-state index is 0.755. The van der Waals surface area contributed by atoms with Gasteiger partial charge in [-0.2, -0.15) is 0 Å². The zero-order valence-electron chi connectivity index (χ0n) is 8.12. The van der Waals surface area contributed by atoms with E-state index in [0.717, 1.165) is 18.9 Å². The second-order valence-corrected chi connectivity index (χ2v) is 3.47. The summed E-state index contributed by atoms with van der Waals surface area (Å²) in [5.74, 6) is 0.755. The average molecular weight is 167 g/mol. The molecule has 0 N–H and O–H groups in total. The zero-order chi connectivity index (χ0) is 8.97. The molecule has 3 heteroatoms. The van der Waals surface area contributed by atoms with Crippen molar-refractivity contribution in [3.63, 3.8) is 0 Å². The largest absolute Gasteiger partial charge is 0.250 e. The smallest absolute Gasteiger partial charge is 0.0725 e. The van der Waals surface area contributed by atoms with Crippen LogP contribution in [0.3, 0.4) is 0 Å². The highest BCUT2D eigenvalue weighted by Gasteiger charge is 2.02. The van der Waals surface area contributed by atoms with Crippen molar-refractivity contribution in [3.05, 3.63) is 11.9 Å². The first kappa shape index (κ1) is 9.23. The SMILES string of the molecule is CCn1nncc1CCC(C)C. The van der Waals surface area contributed by atoms with E-state index in [1.165, 1.54) is 12.1 Å². The van der Waals surface area contributed by atoms with E-state index >= 15 is 0 Å². The number of nitrogens with zero attached hydrogens (tertiary/aromatic N) is 3. The molecule has 1 aromatic heterocycles. The molecule has 1 aromatic rings. The number of aromatic nitrogens is 3. The molecule has 0 aliphatic heterocycles. The van der Waals surface area contributed by atoms with Gasteiger partial charge >= 0.3 is 0 Å². The Hall–Kier alpha value is -0.860. The first-order valence-electron chi connectivity index (χ1n) is 4.61. The van der Waals surface area contributed by atoms with E-state index < -0.39 is 0 Å². The highest BCUT2D eigenvalue weighted by Crippen LogP contribution is 2.07. The van der Waals surface area contributed by atoms with Crippen molar-refractivity contribution in [2.45, 2.75) is 40.2 Å². The Bertz CT molecular complexity index is 227. The topological polar surface area (TPSA) is 30.7 Å². The molecule has 1 heterocycles. The van der Waals surface area contributed by atoms with Crippen molar-refractivity contribution in [3.8, 4) is 0 Å². The maximum atomic E-state index is 3.98. The van der Waals surface area contributed by atoms with Crippen LogP contribution in [0.1, 0.15) is 32.9 Å². The quantitative estimate of drug-likeness (QED) is 0.685. The Morgan fingerprint density at radius 3 is 2.83 bits per heavy atom. The van der Waals surface area contributed by atoms with Crippen LogP contribution in [-0.2, 0) is 13.0 Å². The molecular weight excluding hydrogens is 150 g/mol. The van der Waals surface area contributed by atoms with Gasteiger partial charge in [0, 0.05) is 6.54 Å². The molecule has 0 spiro atoms. The third-order valence-electron chi connectivity index (χ3n) is 1.98. The number of aryl methyl sites for hydroxylation is 2. The summed E-state index contributed by atoms with van der Waals surface area (Å²) in [5.41, 5.74) is 1.26. The maximum Gasteiger partial charge on any atom is 0.0725 e. The highest BCUT2D eigenvalue weighted by atomic mass is 15.4. The summed E-state index contributed by atoms with van der Waals surface area (Å²) in [5, 5.41) is 7.86. The van der Waals surface area contributed by atoms with Crippen molar-refractivity contribution >= 4 is 0 Å². The van der Waals surface area contributed by atoms with Gasteiger partial charge in [0.25, 0.3) is 0 Å². The third-order valence-corrected chi connectivity index (χ3v) is 1.98. The number of hydrogen-bond donors (Lipinski definition) is 0. The molecule has 0 saturated heterocycles. The lowest BCUT2D eigenvalue weighted by molar-refractivity contribution is 0.542. The lowest BCUT2D eigenvalue weighted by Gasteiger charge is -2.04. The molecule has 12 heavy (non-hydrogen) atoms. The van der Waals surface area contributed by atoms with Crippen LogP contribution in [0.15, 0.2) is 6.20 Å². The van der Waals surface area contributed by atoms with Crippen LogP contribution >= 0.6 is 0 Å². The van der Waals surface area contributed by atoms with E-state index in [1.54, 1.807) is 0 Å². The van der Waals surface area contributed by atoms with Crippen LogP contribution in [0.5, 0.6) is 0 Å². The fourth-order valence-corrected chi connectivity index (χ4v) is 1.18. The second-order valence-electron chi connectivity index (χ2n) is 3.47. The van der Waals surface area contributed by atoms with Gasteiger partial charge < -0.3 is 0 Å². The van der Waals surface area contributed by atoms with Crippen LogP contribution in [0.2, 0.25) is 0 Å². The summed E-state index contributed by atoms with van der Waals surface area (Å²) < 4.78 is 1.96. The van der Waals surface area contributed by atoms with Gasteiger partial charge in [-0.3, -0.25) is 0 Å². The molecular formula is C9H17N3. The standard InChI is InChI=1S/C9H17N3/c1-4-12-9(7-10-11-12)6-5-8(2)3/h7-8H,4-6H2,1-3H3. The molecule has 3 nitrogen and oxygen atoms in total. The fourth-order valence-electron chi connectivity index (χ4n) is 1.18. The average Bonchev–Trinajstić information content (AvgIpc) is 2.47. The molecule has 0 amide bonds. The minimum Gasteiger partial charge on any atom is -0.250 e. The first-order chi connectivity index (χ1) is 5.74. The second kappa shape index (κ2) is 4.24. The van der Waals surface area contributed by atoms with Gasteiger partial charge in [-0.1, -0.05) is 19.1 Å². The summed E-state index contributed by atoms with van der Waals surface area (Å²) in [6.07, 6.45) is 4.18. The molecule has 0 radical (unpaired) electrons. The zero-order valence-corrected chi connectivity index (χ0v) is 8.12. The Labute approximate surface area is 73.8 Å². The Morgan fingerprint density at radius 1 is 1.50 bits per heavy atom. The van der Waals surface area contributed by atoms with Gasteiger partial charge in [0.05, 0.1) is 11.9 Å². The predicted molar refractivity (Wildman–Crippen MR) is 48.9 cm³/mol. The summed E-state index contributed by atoms with van der Waals surface area (Å²) in [6.45, 7) is 7.49. The van der Waals surface area contributed by atoms with Gasteiger partial charge in [0.2, 0.25) is 0 Å². The minimum absolute atomic E-state index is 0.755. The van der Waals surface area contributed by atoms with Crippen molar-refractivity contribution in [1.29, 1.82) is 0 Å². The van der Waals surface area contributed by atoms with E-state index in [9.17, 15) is 0 Å². The van der Waals surface area contributed by atoms with Crippen molar-refractivity contribution in [2.24, 2.45) is 5.92 Å². The monoisotopic (exact) mass is 167 g/mol. The summed E-state index contributed by atoms with van der Waals surface area (Å²) in [4.78, 5) is 0. The van der Waals surface area contributed by atoms with Crippen LogP contribution in [0, 0.1) is 5.92 Å². The molecule has 0 fully saturated rings. The van der Waals surface area contributed by atoms with Crippen LogP contribution in [-0.4, -0.2) is 15.0 Å². The van der Waals surface area contributed by atoms with Gasteiger partial charge in [0.15, 0.2) is 0 Å². The number of hydrogen-bond acceptors (Lipinski definition) is 2. The number of rotatable bonds is 4. The molecule has 0 bridgehead atoms. The molecule has 0 saturated carbocycles.